The number of aliphatic hydroxyl groups excluding tert-OH is 3. The minimum Gasteiger partial charge on any atom is -0.456 e. The molecule has 3 aliphatic carbocycles. The van der Waals surface area contributed by atoms with Crippen LogP contribution in [0.5, 0.6) is 0 Å². The normalized spacial score (nSPS) is 33.7. The van der Waals surface area contributed by atoms with Crippen LogP contribution >= 0.6 is 0 Å². The molecule has 15 nitrogen and oxygen atoms in total. The molecule has 2 saturated carbocycles. The molecule has 0 spiro atoms. The van der Waals surface area contributed by atoms with Crippen molar-refractivity contribution in [1.29, 1.82) is 0 Å². The Morgan fingerprint density at radius 3 is 2.10 bits per heavy atom. The lowest BCUT2D eigenvalue weighted by Crippen LogP contribution is -2.81. The second kappa shape index (κ2) is 15.2. The molecule has 2 unspecified atom stereocenters. The zero-order valence-corrected chi connectivity index (χ0v) is 33.9. The summed E-state index contributed by atoms with van der Waals surface area (Å²) >= 11 is 0. The Bertz CT molecular complexity index is 1980. The zero-order chi connectivity index (χ0) is 42.7. The molecule has 314 valence electrons. The smallest absolute Gasteiger partial charge is 0.408 e. The van der Waals surface area contributed by atoms with Crippen molar-refractivity contribution >= 4 is 29.8 Å². The quantitative estimate of drug-likeness (QED) is 0.147. The van der Waals surface area contributed by atoms with Crippen molar-refractivity contribution in [2.45, 2.75) is 128 Å². The molecule has 0 aromatic heterocycles. The Kier molecular flexibility index (Phi) is 11.2. The molecule has 3 fully saturated rings. The van der Waals surface area contributed by atoms with E-state index in [-0.39, 0.29) is 29.7 Å². The number of fused-ring (bicyclic) bond motifs is 5. The standard InChI is InChI=1S/C43H53NO14/c1-22-26(55-37(51)32(48)30(24-15-11-9-12-16-24)44-38(52)58-39(3,4)5)20-43(53)35(56-36(50)25-17-13-10-14-18-25)33-41(8,34(49)31(47)29(22)40(43,6)7)27(46)19-28-42(33,21-54-28)57-23(2)45/h9-18,26-28,30-33,35,46-48,53H,19-21H2,1-8H3,(H,44,52)/t26-,27-,28+,30-,31?,32+,33?,35-,41+,42-,43+/m0/s1. The molecule has 15 heteroatoms. The first kappa shape index (κ1) is 42.9. The number of Topliss-reactive ketones (excluding diaryl/α,β-unsaturated/α-hetero) is 1. The van der Waals surface area contributed by atoms with E-state index in [0.29, 0.717) is 5.56 Å². The summed E-state index contributed by atoms with van der Waals surface area (Å²) in [5.41, 5.74) is -8.14. The highest BCUT2D eigenvalue weighted by atomic mass is 16.6. The van der Waals surface area contributed by atoms with Gasteiger partial charge < -0.3 is 49.4 Å². The first-order chi connectivity index (χ1) is 27.0. The molecule has 0 radical (unpaired) electrons. The van der Waals surface area contributed by atoms with E-state index < -0.39 is 112 Å². The summed E-state index contributed by atoms with van der Waals surface area (Å²) in [6.07, 6.45) is -11.5. The Hall–Kier alpha value is -4.67. The highest BCUT2D eigenvalue weighted by molar-refractivity contribution is 5.94. The summed E-state index contributed by atoms with van der Waals surface area (Å²) in [4.78, 5) is 68.9. The van der Waals surface area contributed by atoms with E-state index in [1.165, 1.54) is 26.0 Å². The second-order valence-corrected chi connectivity index (χ2v) is 17.6. The molecule has 2 aromatic rings. The number of alkyl carbamates (subject to hydrolysis) is 1. The van der Waals surface area contributed by atoms with E-state index in [0.717, 1.165) is 6.92 Å². The van der Waals surface area contributed by atoms with Crippen LogP contribution < -0.4 is 5.32 Å². The molecule has 2 aromatic carbocycles. The summed E-state index contributed by atoms with van der Waals surface area (Å²) in [6.45, 7) is 11.8. The molecule has 5 N–H and O–H groups in total. The largest absolute Gasteiger partial charge is 0.456 e. The van der Waals surface area contributed by atoms with Crippen molar-refractivity contribution in [2.75, 3.05) is 6.61 Å². The van der Waals surface area contributed by atoms with Crippen LogP contribution in [0.3, 0.4) is 0 Å². The van der Waals surface area contributed by atoms with Gasteiger partial charge in [-0.05, 0) is 63.5 Å². The molecule has 1 heterocycles. The van der Waals surface area contributed by atoms with Gasteiger partial charge in [0.15, 0.2) is 17.5 Å². The Morgan fingerprint density at radius 1 is 0.948 bits per heavy atom. The number of amides is 1. The second-order valence-electron chi connectivity index (χ2n) is 17.6. The van der Waals surface area contributed by atoms with Gasteiger partial charge in [-0.1, -0.05) is 62.4 Å². The molecule has 4 aliphatic rings. The zero-order valence-electron chi connectivity index (χ0n) is 33.9. The lowest BCUT2D eigenvalue weighted by molar-refractivity contribution is -0.346. The number of rotatable bonds is 8. The van der Waals surface area contributed by atoms with Gasteiger partial charge in [0.25, 0.3) is 0 Å². The van der Waals surface area contributed by atoms with E-state index >= 15 is 0 Å². The van der Waals surface area contributed by atoms with Crippen molar-refractivity contribution in [1.82, 2.24) is 5.32 Å². The van der Waals surface area contributed by atoms with Crippen LogP contribution in [0.4, 0.5) is 4.79 Å². The molecule has 6 rings (SSSR count). The van der Waals surface area contributed by atoms with Crippen LogP contribution in [0, 0.1) is 16.7 Å². The summed E-state index contributed by atoms with van der Waals surface area (Å²) in [6, 6.07) is 14.6. The number of esters is 3. The number of hydrogen-bond acceptors (Lipinski definition) is 14. The van der Waals surface area contributed by atoms with Crippen molar-refractivity contribution < 1.29 is 68.1 Å². The monoisotopic (exact) mass is 807 g/mol. The maximum absolute atomic E-state index is 14.9. The number of carbonyl (C=O) groups excluding carboxylic acids is 5. The fourth-order valence-electron chi connectivity index (χ4n) is 9.56. The molecular weight excluding hydrogens is 754 g/mol. The van der Waals surface area contributed by atoms with Crippen LogP contribution in [-0.2, 0) is 38.1 Å². The molecule has 2 bridgehead atoms. The van der Waals surface area contributed by atoms with Crippen LogP contribution in [0.1, 0.15) is 90.2 Å². The van der Waals surface area contributed by atoms with E-state index in [2.05, 4.69) is 5.32 Å². The number of aliphatic hydroxyl groups is 4. The van der Waals surface area contributed by atoms with Crippen molar-refractivity contribution in [3.63, 3.8) is 0 Å². The highest BCUT2D eigenvalue weighted by Crippen LogP contribution is 2.64. The summed E-state index contributed by atoms with van der Waals surface area (Å²) in [5.74, 6) is -5.36. The van der Waals surface area contributed by atoms with Gasteiger partial charge in [-0.3, -0.25) is 9.59 Å². The van der Waals surface area contributed by atoms with Gasteiger partial charge in [-0.2, -0.15) is 0 Å². The number of nitrogens with one attached hydrogen (secondary N) is 1. The number of ketones is 1. The van der Waals surface area contributed by atoms with Crippen LogP contribution in [-0.4, -0.2) is 110 Å². The lowest BCUT2D eigenvalue weighted by atomic mass is 9.44. The third-order valence-corrected chi connectivity index (χ3v) is 12.6. The summed E-state index contributed by atoms with van der Waals surface area (Å²) < 4.78 is 29.5. The summed E-state index contributed by atoms with van der Waals surface area (Å²) in [5, 5.41) is 51.6. The van der Waals surface area contributed by atoms with Gasteiger partial charge in [0, 0.05) is 25.2 Å². The first-order valence-corrected chi connectivity index (χ1v) is 19.3. The predicted octanol–water partition coefficient (Wildman–Crippen LogP) is 3.26. The average Bonchev–Trinajstić information content (AvgIpc) is 3.14. The van der Waals surface area contributed by atoms with E-state index in [1.54, 1.807) is 83.1 Å². The summed E-state index contributed by atoms with van der Waals surface area (Å²) in [7, 11) is 0. The topological polar surface area (TPSA) is 224 Å². The molecule has 1 amide bonds. The minimum atomic E-state index is -2.35. The van der Waals surface area contributed by atoms with Crippen LogP contribution in [0.15, 0.2) is 71.8 Å². The molecule has 58 heavy (non-hydrogen) atoms. The van der Waals surface area contributed by atoms with E-state index in [4.69, 9.17) is 23.7 Å². The predicted molar refractivity (Wildman–Crippen MR) is 204 cm³/mol. The van der Waals surface area contributed by atoms with E-state index in [1.807, 2.05) is 0 Å². The number of benzene rings is 2. The van der Waals surface area contributed by atoms with Crippen LogP contribution in [0.2, 0.25) is 0 Å². The maximum atomic E-state index is 14.9. The van der Waals surface area contributed by atoms with Gasteiger partial charge >= 0.3 is 24.0 Å². The van der Waals surface area contributed by atoms with Crippen molar-refractivity contribution in [2.24, 2.45) is 16.7 Å². The first-order valence-electron chi connectivity index (χ1n) is 19.3. The minimum absolute atomic E-state index is 0.0637. The number of carbonyl (C=O) groups is 5. The lowest BCUT2D eigenvalue weighted by Gasteiger charge is -2.67. The molecule has 11 atom stereocenters. The SMILES string of the molecule is CC(=O)O[C@@]12CO[C@@H]1C[C@H](O)[C@@]1(C)C(=O)C(O)C3=C(C)[C@@H](OC(=O)[C@H](O)[C@@H](NC(=O)OC(C)(C)C)c4ccccc4)C[C@@](O)([C@@H](OC(=O)c4ccccc4)C12)C3(C)C. The Labute approximate surface area is 336 Å². The third-order valence-electron chi connectivity index (χ3n) is 12.6. The maximum Gasteiger partial charge on any atom is 0.408 e. The Balaban J connectivity index is 1.49. The van der Waals surface area contributed by atoms with Gasteiger partial charge in [0.1, 0.15) is 35.6 Å². The fourth-order valence-corrected chi connectivity index (χ4v) is 9.56. The van der Waals surface area contributed by atoms with Gasteiger partial charge in [0.05, 0.1) is 35.6 Å². The Morgan fingerprint density at radius 2 is 1.55 bits per heavy atom. The van der Waals surface area contributed by atoms with Gasteiger partial charge in [0.2, 0.25) is 0 Å². The van der Waals surface area contributed by atoms with Crippen LogP contribution in [0.25, 0.3) is 0 Å². The number of hydrogen-bond donors (Lipinski definition) is 5. The van der Waals surface area contributed by atoms with E-state index in [9.17, 15) is 44.4 Å². The van der Waals surface area contributed by atoms with Crippen molar-refractivity contribution in [3.8, 4) is 0 Å². The molecule has 1 aliphatic heterocycles. The molecular formula is C43H53NO14. The van der Waals surface area contributed by atoms with Gasteiger partial charge in [-0.25, -0.2) is 14.4 Å². The third kappa shape index (κ3) is 7.10. The highest BCUT2D eigenvalue weighted by Gasteiger charge is 2.78. The number of ether oxygens (including phenoxy) is 5. The fraction of sp³-hybridized carbons (Fsp3) is 0.558. The average molecular weight is 808 g/mol. The van der Waals surface area contributed by atoms with Gasteiger partial charge in [-0.15, -0.1) is 0 Å². The molecule has 1 saturated heterocycles. The van der Waals surface area contributed by atoms with Crippen molar-refractivity contribution in [3.05, 3.63) is 82.9 Å².